The Morgan fingerprint density at radius 3 is 3.00 bits per heavy atom. The normalized spacial score (nSPS) is 26.7. The van der Waals surface area contributed by atoms with E-state index in [9.17, 15) is 0 Å². The van der Waals surface area contributed by atoms with E-state index >= 15 is 0 Å². The largest absolute Gasteiger partial charge is 0.330 e. The monoisotopic (exact) mass is 142 g/mol. The van der Waals surface area contributed by atoms with Crippen LogP contribution in [-0.4, -0.2) is 19.6 Å². The van der Waals surface area contributed by atoms with Crippen molar-refractivity contribution in [1.82, 2.24) is 5.32 Å². The fourth-order valence-electron chi connectivity index (χ4n) is 1.58. The third-order valence-corrected chi connectivity index (χ3v) is 2.22. The van der Waals surface area contributed by atoms with Gasteiger partial charge in [-0.25, -0.2) is 0 Å². The maximum atomic E-state index is 5.43. The van der Waals surface area contributed by atoms with E-state index in [4.69, 9.17) is 5.73 Å². The highest BCUT2D eigenvalue weighted by Crippen LogP contribution is 2.14. The van der Waals surface area contributed by atoms with E-state index in [2.05, 4.69) is 5.32 Å². The fraction of sp³-hybridized carbons (Fsp3) is 1.00. The summed E-state index contributed by atoms with van der Waals surface area (Å²) in [6.07, 6.45) is 5.29. The van der Waals surface area contributed by atoms with Crippen molar-refractivity contribution in [3.05, 3.63) is 0 Å². The highest BCUT2D eigenvalue weighted by molar-refractivity contribution is 4.68. The molecule has 60 valence electrons. The minimum Gasteiger partial charge on any atom is -0.330 e. The summed E-state index contributed by atoms with van der Waals surface area (Å²) in [6.45, 7) is 3.30. The average Bonchev–Trinajstić information content (AvgIpc) is 2.03. The van der Waals surface area contributed by atoms with Crippen LogP contribution in [0, 0.1) is 5.92 Å². The van der Waals surface area contributed by atoms with Gasteiger partial charge in [0.1, 0.15) is 0 Å². The summed E-state index contributed by atoms with van der Waals surface area (Å²) in [4.78, 5) is 0. The molecule has 1 aliphatic heterocycles. The van der Waals surface area contributed by atoms with Crippen molar-refractivity contribution in [2.45, 2.75) is 25.7 Å². The molecule has 1 atom stereocenters. The summed E-state index contributed by atoms with van der Waals surface area (Å²) in [7, 11) is 0. The topological polar surface area (TPSA) is 38.0 Å². The van der Waals surface area contributed by atoms with Crippen LogP contribution in [0.25, 0.3) is 0 Å². The number of piperidine rings is 1. The van der Waals surface area contributed by atoms with E-state index in [-0.39, 0.29) is 0 Å². The Morgan fingerprint density at radius 2 is 2.40 bits per heavy atom. The lowest BCUT2D eigenvalue weighted by Gasteiger charge is -2.22. The maximum absolute atomic E-state index is 5.43. The van der Waals surface area contributed by atoms with Crippen LogP contribution in [-0.2, 0) is 0 Å². The second-order valence-corrected chi connectivity index (χ2v) is 3.14. The van der Waals surface area contributed by atoms with Gasteiger partial charge in [-0.3, -0.25) is 0 Å². The van der Waals surface area contributed by atoms with Crippen LogP contribution in [0.4, 0.5) is 0 Å². The van der Waals surface area contributed by atoms with E-state index in [1.54, 1.807) is 0 Å². The first-order chi connectivity index (χ1) is 4.93. The van der Waals surface area contributed by atoms with Crippen molar-refractivity contribution >= 4 is 0 Å². The Kier molecular flexibility index (Phi) is 3.76. The summed E-state index contributed by atoms with van der Waals surface area (Å²) in [5.74, 6) is 0.914. The molecular weight excluding hydrogens is 124 g/mol. The standard InChI is InChI=1S/C8H18N2/c9-5-1-3-8-4-2-6-10-7-8/h8,10H,1-7,9H2/t8-/m0/s1. The van der Waals surface area contributed by atoms with Crippen molar-refractivity contribution in [2.24, 2.45) is 11.7 Å². The fourth-order valence-corrected chi connectivity index (χ4v) is 1.58. The molecule has 0 spiro atoms. The van der Waals surface area contributed by atoms with E-state index in [0.717, 1.165) is 12.5 Å². The third kappa shape index (κ3) is 2.67. The van der Waals surface area contributed by atoms with Crippen LogP contribution < -0.4 is 11.1 Å². The summed E-state index contributed by atoms with van der Waals surface area (Å²) < 4.78 is 0. The molecule has 0 amide bonds. The third-order valence-electron chi connectivity index (χ3n) is 2.22. The van der Waals surface area contributed by atoms with E-state index < -0.39 is 0 Å². The Hall–Kier alpha value is -0.0800. The first-order valence-corrected chi connectivity index (χ1v) is 4.34. The van der Waals surface area contributed by atoms with Gasteiger partial charge in [0.2, 0.25) is 0 Å². The first kappa shape index (κ1) is 8.02. The zero-order chi connectivity index (χ0) is 7.23. The molecule has 1 fully saturated rings. The lowest BCUT2D eigenvalue weighted by Crippen LogP contribution is -2.29. The molecule has 0 radical (unpaired) electrons. The molecule has 1 rings (SSSR count). The van der Waals surface area contributed by atoms with Crippen molar-refractivity contribution in [1.29, 1.82) is 0 Å². The number of hydrogen-bond acceptors (Lipinski definition) is 2. The maximum Gasteiger partial charge on any atom is -0.00205 e. The highest BCUT2D eigenvalue weighted by Gasteiger charge is 2.11. The van der Waals surface area contributed by atoms with Gasteiger partial charge in [-0.05, 0) is 51.2 Å². The molecule has 10 heavy (non-hydrogen) atoms. The van der Waals surface area contributed by atoms with Crippen LogP contribution >= 0.6 is 0 Å². The molecule has 0 aromatic heterocycles. The average molecular weight is 142 g/mol. The second-order valence-electron chi connectivity index (χ2n) is 3.14. The molecule has 3 N–H and O–H groups in total. The van der Waals surface area contributed by atoms with Crippen molar-refractivity contribution in [2.75, 3.05) is 19.6 Å². The summed E-state index contributed by atoms with van der Waals surface area (Å²) in [6, 6.07) is 0. The van der Waals surface area contributed by atoms with Gasteiger partial charge in [0.25, 0.3) is 0 Å². The zero-order valence-electron chi connectivity index (χ0n) is 6.60. The Bertz CT molecular complexity index is 77.3. The molecule has 1 aliphatic rings. The van der Waals surface area contributed by atoms with Crippen molar-refractivity contribution in [3.63, 3.8) is 0 Å². The van der Waals surface area contributed by atoms with Gasteiger partial charge in [-0.15, -0.1) is 0 Å². The smallest absolute Gasteiger partial charge is 0.00205 e. The number of nitrogens with two attached hydrogens (primary N) is 1. The molecule has 0 aliphatic carbocycles. The SMILES string of the molecule is NCCC[C@H]1CCCNC1. The highest BCUT2D eigenvalue weighted by atomic mass is 14.9. The molecule has 0 saturated carbocycles. The number of rotatable bonds is 3. The van der Waals surface area contributed by atoms with Crippen LogP contribution in [0.3, 0.4) is 0 Å². The molecule has 0 unspecified atom stereocenters. The van der Waals surface area contributed by atoms with Gasteiger partial charge in [0.15, 0.2) is 0 Å². The Labute approximate surface area is 63.2 Å². The van der Waals surface area contributed by atoms with Gasteiger partial charge in [-0.2, -0.15) is 0 Å². The molecule has 0 aromatic rings. The van der Waals surface area contributed by atoms with Gasteiger partial charge >= 0.3 is 0 Å². The van der Waals surface area contributed by atoms with E-state index in [0.29, 0.717) is 0 Å². The first-order valence-electron chi connectivity index (χ1n) is 4.34. The van der Waals surface area contributed by atoms with Crippen LogP contribution in [0.1, 0.15) is 25.7 Å². The zero-order valence-corrected chi connectivity index (χ0v) is 6.60. The summed E-state index contributed by atoms with van der Waals surface area (Å²) in [5.41, 5.74) is 5.43. The molecule has 0 bridgehead atoms. The predicted molar refractivity (Wildman–Crippen MR) is 43.9 cm³/mol. The van der Waals surface area contributed by atoms with Crippen molar-refractivity contribution < 1.29 is 0 Å². The Morgan fingerprint density at radius 1 is 1.50 bits per heavy atom. The number of hydrogen-bond donors (Lipinski definition) is 2. The van der Waals surface area contributed by atoms with Gasteiger partial charge < -0.3 is 11.1 Å². The minimum atomic E-state index is 0.858. The van der Waals surface area contributed by atoms with Crippen LogP contribution in [0.15, 0.2) is 0 Å². The number of nitrogens with one attached hydrogen (secondary N) is 1. The lowest BCUT2D eigenvalue weighted by molar-refractivity contribution is 0.352. The van der Waals surface area contributed by atoms with Gasteiger partial charge in [-0.1, -0.05) is 0 Å². The van der Waals surface area contributed by atoms with Gasteiger partial charge in [0, 0.05) is 0 Å². The molecule has 2 heteroatoms. The molecule has 1 saturated heterocycles. The van der Waals surface area contributed by atoms with Crippen molar-refractivity contribution in [3.8, 4) is 0 Å². The summed E-state index contributed by atoms with van der Waals surface area (Å²) >= 11 is 0. The van der Waals surface area contributed by atoms with Gasteiger partial charge in [0.05, 0.1) is 0 Å². The van der Waals surface area contributed by atoms with E-state index in [1.165, 1.54) is 38.8 Å². The minimum absolute atomic E-state index is 0.858. The van der Waals surface area contributed by atoms with E-state index in [1.807, 2.05) is 0 Å². The summed E-state index contributed by atoms with van der Waals surface area (Å²) in [5, 5.41) is 3.40. The van der Waals surface area contributed by atoms with Crippen LogP contribution in [0.2, 0.25) is 0 Å². The molecule has 2 nitrogen and oxygen atoms in total. The lowest BCUT2D eigenvalue weighted by atomic mass is 9.95. The quantitative estimate of drug-likeness (QED) is 0.609. The molecule has 0 aromatic carbocycles. The Balaban J connectivity index is 2.02. The molecular formula is C8H18N2. The second kappa shape index (κ2) is 4.69. The van der Waals surface area contributed by atoms with Crippen LogP contribution in [0.5, 0.6) is 0 Å². The molecule has 1 heterocycles. The predicted octanol–water partition coefficient (Wildman–Crippen LogP) is 0.725.